The van der Waals surface area contributed by atoms with Crippen molar-refractivity contribution in [1.82, 2.24) is 0 Å². The van der Waals surface area contributed by atoms with Gasteiger partial charge in [-0.3, -0.25) is 0 Å². The molecule has 60 valence electrons. The lowest BCUT2D eigenvalue weighted by molar-refractivity contribution is 0.239. The summed E-state index contributed by atoms with van der Waals surface area (Å²) in [7, 11) is 0. The van der Waals surface area contributed by atoms with E-state index in [2.05, 4.69) is 6.58 Å². The highest BCUT2D eigenvalue weighted by Crippen LogP contribution is 2.29. The Morgan fingerprint density at radius 2 is 2.45 bits per heavy atom. The fraction of sp³-hybridized carbons (Fsp3) is 0.333. The van der Waals surface area contributed by atoms with E-state index in [1.165, 1.54) is 4.91 Å². The molecule has 0 atom stereocenters. The molecule has 1 heterocycles. The summed E-state index contributed by atoms with van der Waals surface area (Å²) >= 11 is 1.82. The maximum Gasteiger partial charge on any atom is 0.128 e. The number of allylic oxidation sites excluding steroid dienone is 3. The van der Waals surface area contributed by atoms with Gasteiger partial charge in [0, 0.05) is 10.7 Å². The van der Waals surface area contributed by atoms with Gasteiger partial charge in [0.1, 0.15) is 5.76 Å². The molecule has 0 aromatic heterocycles. The Kier molecular flexibility index (Phi) is 3.30. The van der Waals surface area contributed by atoms with Gasteiger partial charge in [0.2, 0.25) is 0 Å². The van der Waals surface area contributed by atoms with Gasteiger partial charge >= 0.3 is 0 Å². The molecule has 0 bridgehead atoms. The van der Waals surface area contributed by atoms with Crippen LogP contribution >= 0.6 is 11.8 Å². The minimum Gasteiger partial charge on any atom is -0.492 e. The van der Waals surface area contributed by atoms with Crippen LogP contribution in [0.5, 0.6) is 0 Å². The van der Waals surface area contributed by atoms with E-state index in [4.69, 9.17) is 4.74 Å². The molecule has 0 aromatic carbocycles. The van der Waals surface area contributed by atoms with Crippen LogP contribution in [0.15, 0.2) is 35.5 Å². The third kappa shape index (κ3) is 2.15. The Hall–Kier alpha value is -0.630. The molecule has 0 radical (unpaired) electrons. The van der Waals surface area contributed by atoms with Crippen molar-refractivity contribution < 1.29 is 4.74 Å². The lowest BCUT2D eigenvalue weighted by Crippen LogP contribution is -2.05. The maximum atomic E-state index is 5.42. The van der Waals surface area contributed by atoms with Gasteiger partial charge < -0.3 is 4.74 Å². The molecular formula is C9H12OS. The normalized spacial score (nSPS) is 25.2. The molecule has 0 amide bonds. The van der Waals surface area contributed by atoms with Crippen LogP contribution in [0.25, 0.3) is 0 Å². The topological polar surface area (TPSA) is 9.23 Å². The summed E-state index contributed by atoms with van der Waals surface area (Å²) in [6.45, 7) is 6.45. The van der Waals surface area contributed by atoms with Crippen LogP contribution in [-0.2, 0) is 4.74 Å². The van der Waals surface area contributed by atoms with Crippen LogP contribution in [0.2, 0.25) is 0 Å². The van der Waals surface area contributed by atoms with E-state index in [1.54, 1.807) is 6.08 Å². The predicted octanol–water partition coefficient (Wildman–Crippen LogP) is 2.72. The van der Waals surface area contributed by atoms with Crippen molar-refractivity contribution in [3.05, 3.63) is 35.5 Å². The molecule has 0 spiro atoms. The molecule has 0 aromatic rings. The molecule has 1 aliphatic rings. The average molecular weight is 168 g/mol. The predicted molar refractivity (Wildman–Crippen MR) is 50.4 cm³/mol. The van der Waals surface area contributed by atoms with Crippen LogP contribution < -0.4 is 0 Å². The standard InChI is InChI=1S/C9H12OS/c1-3-5-9-8(4-2)10-6-7-11-9/h3-5H,1,6-7H2,2H3/b8-4+,9-5+. The van der Waals surface area contributed by atoms with Crippen molar-refractivity contribution in [2.24, 2.45) is 0 Å². The highest BCUT2D eigenvalue weighted by molar-refractivity contribution is 8.03. The SMILES string of the molecule is C=C/C=C1/SCCO/C1=C/C. The van der Waals surface area contributed by atoms with Crippen LogP contribution in [0.1, 0.15) is 6.92 Å². The van der Waals surface area contributed by atoms with Gasteiger partial charge in [0.15, 0.2) is 0 Å². The first-order valence-corrected chi connectivity index (χ1v) is 4.62. The van der Waals surface area contributed by atoms with Crippen LogP contribution in [0, 0.1) is 0 Å². The van der Waals surface area contributed by atoms with Crippen LogP contribution in [0.4, 0.5) is 0 Å². The minimum absolute atomic E-state index is 0.818. The van der Waals surface area contributed by atoms with Gasteiger partial charge in [0.05, 0.1) is 6.61 Å². The Labute approximate surface area is 71.8 Å². The maximum absolute atomic E-state index is 5.42. The molecule has 1 rings (SSSR count). The number of thioether (sulfide) groups is 1. The first-order valence-electron chi connectivity index (χ1n) is 3.63. The molecule has 1 nitrogen and oxygen atoms in total. The lowest BCUT2D eigenvalue weighted by Gasteiger charge is -2.18. The molecule has 11 heavy (non-hydrogen) atoms. The zero-order valence-electron chi connectivity index (χ0n) is 6.67. The second-order valence-electron chi connectivity index (χ2n) is 2.12. The second-order valence-corrected chi connectivity index (χ2v) is 3.25. The summed E-state index contributed by atoms with van der Waals surface area (Å²) in [6, 6.07) is 0. The highest BCUT2D eigenvalue weighted by Gasteiger charge is 2.10. The summed E-state index contributed by atoms with van der Waals surface area (Å²) < 4.78 is 5.42. The summed E-state index contributed by atoms with van der Waals surface area (Å²) in [6.07, 6.45) is 5.77. The van der Waals surface area contributed by atoms with Crippen LogP contribution in [0.3, 0.4) is 0 Å². The largest absolute Gasteiger partial charge is 0.492 e. The zero-order chi connectivity index (χ0) is 8.10. The average Bonchev–Trinajstić information content (AvgIpc) is 2.06. The molecule has 1 aliphatic heterocycles. The molecular weight excluding hydrogens is 156 g/mol. The summed E-state index contributed by atoms with van der Waals surface area (Å²) in [5.74, 6) is 2.03. The van der Waals surface area contributed by atoms with Crippen molar-refractivity contribution in [1.29, 1.82) is 0 Å². The monoisotopic (exact) mass is 168 g/mol. The van der Waals surface area contributed by atoms with Gasteiger partial charge in [-0.2, -0.15) is 0 Å². The van der Waals surface area contributed by atoms with Crippen molar-refractivity contribution in [2.75, 3.05) is 12.4 Å². The first-order chi connectivity index (χ1) is 5.38. The van der Waals surface area contributed by atoms with Crippen molar-refractivity contribution in [2.45, 2.75) is 6.92 Å². The second kappa shape index (κ2) is 4.29. The molecule has 0 unspecified atom stereocenters. The number of ether oxygens (including phenoxy) is 1. The van der Waals surface area contributed by atoms with E-state index in [0.29, 0.717) is 0 Å². The van der Waals surface area contributed by atoms with Gasteiger partial charge in [0.25, 0.3) is 0 Å². The summed E-state index contributed by atoms with van der Waals surface area (Å²) in [5, 5.41) is 0. The van der Waals surface area contributed by atoms with E-state index in [-0.39, 0.29) is 0 Å². The number of hydrogen-bond acceptors (Lipinski definition) is 2. The fourth-order valence-electron chi connectivity index (χ4n) is 0.908. The van der Waals surface area contributed by atoms with Gasteiger partial charge in [-0.05, 0) is 19.1 Å². The number of rotatable bonds is 1. The Morgan fingerprint density at radius 1 is 1.64 bits per heavy atom. The molecule has 0 N–H and O–H groups in total. The van der Waals surface area contributed by atoms with Gasteiger partial charge in [-0.1, -0.05) is 12.7 Å². The smallest absolute Gasteiger partial charge is 0.128 e. The van der Waals surface area contributed by atoms with Crippen molar-refractivity contribution in [3.63, 3.8) is 0 Å². The summed E-state index contributed by atoms with van der Waals surface area (Å²) in [5.41, 5.74) is 0. The Balaban J connectivity index is 2.74. The highest BCUT2D eigenvalue weighted by atomic mass is 32.2. The van der Waals surface area contributed by atoms with E-state index in [9.17, 15) is 0 Å². The number of hydrogen-bond donors (Lipinski definition) is 0. The minimum atomic E-state index is 0.818. The molecule has 2 heteroatoms. The summed E-state index contributed by atoms with van der Waals surface area (Å²) in [4.78, 5) is 1.19. The molecule has 1 fully saturated rings. The quantitative estimate of drug-likeness (QED) is 0.595. The molecule has 0 saturated carbocycles. The lowest BCUT2D eigenvalue weighted by atomic mass is 10.4. The van der Waals surface area contributed by atoms with Gasteiger partial charge in [-0.25, -0.2) is 0 Å². The Bertz CT molecular complexity index is 204. The van der Waals surface area contributed by atoms with E-state index in [1.807, 2.05) is 30.8 Å². The zero-order valence-corrected chi connectivity index (χ0v) is 7.49. The van der Waals surface area contributed by atoms with E-state index in [0.717, 1.165) is 18.1 Å². The Morgan fingerprint density at radius 3 is 3.09 bits per heavy atom. The van der Waals surface area contributed by atoms with Crippen molar-refractivity contribution in [3.8, 4) is 0 Å². The van der Waals surface area contributed by atoms with E-state index < -0.39 is 0 Å². The van der Waals surface area contributed by atoms with E-state index >= 15 is 0 Å². The fourth-order valence-corrected chi connectivity index (χ4v) is 1.81. The third-order valence-corrected chi connectivity index (χ3v) is 2.39. The third-order valence-electron chi connectivity index (χ3n) is 1.37. The molecule has 1 saturated heterocycles. The van der Waals surface area contributed by atoms with Gasteiger partial charge in [-0.15, -0.1) is 11.8 Å². The molecule has 0 aliphatic carbocycles. The first kappa shape index (κ1) is 8.47. The van der Waals surface area contributed by atoms with Crippen molar-refractivity contribution >= 4 is 11.8 Å². The van der Waals surface area contributed by atoms with Crippen LogP contribution in [-0.4, -0.2) is 12.4 Å².